The first-order valence-electron chi connectivity index (χ1n) is 5.59. The first-order chi connectivity index (χ1) is 6.47. The van der Waals surface area contributed by atoms with E-state index in [0.717, 1.165) is 0 Å². The van der Waals surface area contributed by atoms with Gasteiger partial charge in [-0.3, -0.25) is 4.79 Å². The van der Waals surface area contributed by atoms with Crippen LogP contribution in [0.5, 0.6) is 0 Å². The van der Waals surface area contributed by atoms with Crippen LogP contribution in [-0.4, -0.2) is 12.1 Å². The van der Waals surface area contributed by atoms with Gasteiger partial charge in [-0.15, -0.1) is 12.4 Å². The highest BCUT2D eigenvalue weighted by Gasteiger charge is 2.07. The molecule has 0 fully saturated rings. The second kappa shape index (κ2) is 13.8. The number of ether oxygens (including phenoxy) is 1. The number of rotatable bonds is 5. The van der Waals surface area contributed by atoms with Crippen molar-refractivity contribution in [2.45, 2.75) is 72.3 Å². The van der Waals surface area contributed by atoms with Crippen LogP contribution in [0.3, 0.4) is 0 Å². The summed E-state index contributed by atoms with van der Waals surface area (Å²) in [4.78, 5) is 9.60. The Morgan fingerprint density at radius 1 is 1.00 bits per heavy atom. The molecule has 0 aromatic carbocycles. The predicted molar refractivity (Wildman–Crippen MR) is 68.6 cm³/mol. The number of hydrogen-bond acceptors (Lipinski definition) is 2. The highest BCUT2D eigenvalue weighted by molar-refractivity contribution is 5.85. The Hall–Kier alpha value is -0.240. The Balaban J connectivity index is -0.000000180. The smallest absolute Gasteiger partial charge is 0.293 e. The van der Waals surface area contributed by atoms with E-state index in [-0.39, 0.29) is 18.0 Å². The van der Waals surface area contributed by atoms with E-state index in [9.17, 15) is 4.79 Å². The third kappa shape index (κ3) is 31.6. The van der Waals surface area contributed by atoms with Crippen molar-refractivity contribution in [2.75, 3.05) is 0 Å². The van der Waals surface area contributed by atoms with Crippen LogP contribution in [0, 0.1) is 0 Å². The summed E-state index contributed by atoms with van der Waals surface area (Å²) >= 11 is 0. The van der Waals surface area contributed by atoms with Crippen molar-refractivity contribution in [3.63, 3.8) is 0 Å². The van der Waals surface area contributed by atoms with Gasteiger partial charge in [-0.25, -0.2) is 0 Å². The Labute approximate surface area is 101 Å². The molecule has 0 rings (SSSR count). The van der Waals surface area contributed by atoms with Gasteiger partial charge >= 0.3 is 0 Å². The predicted octanol–water partition coefficient (Wildman–Crippen LogP) is 4.36. The quantitative estimate of drug-likeness (QED) is 0.526. The molecule has 0 radical (unpaired) electrons. The van der Waals surface area contributed by atoms with E-state index in [1.165, 1.54) is 32.1 Å². The zero-order valence-corrected chi connectivity index (χ0v) is 11.7. The van der Waals surface area contributed by atoms with Crippen LogP contribution in [-0.2, 0) is 9.53 Å². The summed E-state index contributed by atoms with van der Waals surface area (Å²) < 4.78 is 4.55. The first-order valence-corrected chi connectivity index (χ1v) is 5.59. The highest BCUT2D eigenvalue weighted by Crippen LogP contribution is 2.02. The topological polar surface area (TPSA) is 26.3 Å². The minimum Gasteiger partial charge on any atom is -0.462 e. The van der Waals surface area contributed by atoms with Crippen LogP contribution in [0.25, 0.3) is 0 Å². The summed E-state index contributed by atoms with van der Waals surface area (Å²) in [7, 11) is 0. The molecule has 0 atom stereocenters. The van der Waals surface area contributed by atoms with Gasteiger partial charge in [-0.1, -0.05) is 46.0 Å². The van der Waals surface area contributed by atoms with Gasteiger partial charge in [0.25, 0.3) is 6.47 Å². The third-order valence-electron chi connectivity index (χ3n) is 1.61. The van der Waals surface area contributed by atoms with Gasteiger partial charge < -0.3 is 4.74 Å². The molecule has 0 saturated carbocycles. The molecule has 0 aliphatic rings. The SMILES string of the molecule is CC(C)(C)OC=O.CCCCCCC.Cl. The second-order valence-corrected chi connectivity index (χ2v) is 4.39. The van der Waals surface area contributed by atoms with Gasteiger partial charge in [-0.05, 0) is 20.8 Å². The number of hydrogen-bond donors (Lipinski definition) is 0. The number of carbonyl (C=O) groups is 1. The van der Waals surface area contributed by atoms with E-state index in [4.69, 9.17) is 0 Å². The normalized spacial score (nSPS) is 9.40. The summed E-state index contributed by atoms with van der Waals surface area (Å²) in [6, 6.07) is 0. The lowest BCUT2D eigenvalue weighted by atomic mass is 10.2. The van der Waals surface area contributed by atoms with Crippen LogP contribution in [0.2, 0.25) is 0 Å². The summed E-state index contributed by atoms with van der Waals surface area (Å²) in [6.07, 6.45) is 7.01. The molecule has 0 spiro atoms. The molecule has 0 bridgehead atoms. The third-order valence-corrected chi connectivity index (χ3v) is 1.61. The van der Waals surface area contributed by atoms with Gasteiger partial charge in [0.2, 0.25) is 0 Å². The lowest BCUT2D eigenvalue weighted by Gasteiger charge is -2.14. The Kier molecular flexibility index (Phi) is 18.5. The number of halogens is 1. The van der Waals surface area contributed by atoms with Gasteiger partial charge in [0.05, 0.1) is 0 Å². The standard InChI is InChI=1S/C7H16.C5H10O2.ClH/c1-3-5-7-6-4-2;1-5(2,3)7-4-6;/h3-7H2,1-2H3;4H,1-3H3;1H. The number of carbonyl (C=O) groups excluding carboxylic acids is 1. The molecular formula is C12H27ClO2. The monoisotopic (exact) mass is 238 g/mol. The fraction of sp³-hybridized carbons (Fsp3) is 0.917. The molecule has 3 heteroatoms. The Bertz CT molecular complexity index is 115. The Morgan fingerprint density at radius 3 is 1.53 bits per heavy atom. The molecule has 0 aliphatic heterocycles. The lowest BCUT2D eigenvalue weighted by Crippen LogP contribution is -2.17. The van der Waals surface area contributed by atoms with Crippen molar-refractivity contribution >= 4 is 18.9 Å². The minimum atomic E-state index is -0.318. The molecule has 94 valence electrons. The molecule has 0 aromatic heterocycles. The maximum Gasteiger partial charge on any atom is 0.293 e. The largest absolute Gasteiger partial charge is 0.462 e. The molecule has 2 nitrogen and oxygen atoms in total. The average Bonchev–Trinajstić information content (AvgIpc) is 2.04. The van der Waals surface area contributed by atoms with E-state index >= 15 is 0 Å². The van der Waals surface area contributed by atoms with Gasteiger partial charge in [0.1, 0.15) is 5.60 Å². The van der Waals surface area contributed by atoms with Crippen molar-refractivity contribution in [3.8, 4) is 0 Å². The van der Waals surface area contributed by atoms with Crippen molar-refractivity contribution in [3.05, 3.63) is 0 Å². The molecule has 0 aromatic rings. The maximum absolute atomic E-state index is 9.60. The van der Waals surface area contributed by atoms with Crippen LogP contribution in [0.1, 0.15) is 66.7 Å². The van der Waals surface area contributed by atoms with E-state index in [1.54, 1.807) is 0 Å². The fourth-order valence-corrected chi connectivity index (χ4v) is 0.821. The van der Waals surface area contributed by atoms with Crippen molar-refractivity contribution in [2.24, 2.45) is 0 Å². The van der Waals surface area contributed by atoms with Crippen LogP contribution >= 0.6 is 12.4 Å². The lowest BCUT2D eigenvalue weighted by molar-refractivity contribution is -0.138. The van der Waals surface area contributed by atoms with Crippen LogP contribution < -0.4 is 0 Å². The van der Waals surface area contributed by atoms with Crippen molar-refractivity contribution in [1.29, 1.82) is 0 Å². The van der Waals surface area contributed by atoms with Crippen LogP contribution in [0.4, 0.5) is 0 Å². The van der Waals surface area contributed by atoms with Crippen LogP contribution in [0.15, 0.2) is 0 Å². The molecular weight excluding hydrogens is 212 g/mol. The average molecular weight is 239 g/mol. The van der Waals surface area contributed by atoms with Gasteiger partial charge in [-0.2, -0.15) is 0 Å². The highest BCUT2D eigenvalue weighted by atomic mass is 35.5. The van der Waals surface area contributed by atoms with E-state index in [1.807, 2.05) is 20.8 Å². The molecule has 0 heterocycles. The summed E-state index contributed by atoms with van der Waals surface area (Å²) in [5.74, 6) is 0. The first kappa shape index (κ1) is 20.2. The van der Waals surface area contributed by atoms with Crippen molar-refractivity contribution in [1.82, 2.24) is 0 Å². The molecule has 15 heavy (non-hydrogen) atoms. The van der Waals surface area contributed by atoms with E-state index in [0.29, 0.717) is 6.47 Å². The Morgan fingerprint density at radius 2 is 1.40 bits per heavy atom. The van der Waals surface area contributed by atoms with Gasteiger partial charge in [0, 0.05) is 0 Å². The van der Waals surface area contributed by atoms with E-state index in [2.05, 4.69) is 18.6 Å². The minimum absolute atomic E-state index is 0. The molecule has 0 unspecified atom stereocenters. The fourth-order valence-electron chi connectivity index (χ4n) is 0.821. The zero-order chi connectivity index (χ0) is 11.4. The maximum atomic E-state index is 9.60. The summed E-state index contributed by atoms with van der Waals surface area (Å²) in [5, 5.41) is 0. The molecule has 0 aliphatic carbocycles. The molecule has 0 amide bonds. The second-order valence-electron chi connectivity index (χ2n) is 4.39. The van der Waals surface area contributed by atoms with Gasteiger partial charge in [0.15, 0.2) is 0 Å². The molecule has 0 saturated heterocycles. The molecule has 0 N–H and O–H groups in total. The zero-order valence-electron chi connectivity index (χ0n) is 10.8. The number of unbranched alkanes of at least 4 members (excludes halogenated alkanes) is 4. The summed E-state index contributed by atoms with van der Waals surface area (Å²) in [5.41, 5.74) is -0.318. The summed E-state index contributed by atoms with van der Waals surface area (Å²) in [6.45, 7) is 10.4. The van der Waals surface area contributed by atoms with Crippen molar-refractivity contribution < 1.29 is 9.53 Å². The van der Waals surface area contributed by atoms with E-state index < -0.39 is 0 Å².